The number of nitrogens with one attached hydrogen (secondary N) is 1. The lowest BCUT2D eigenvalue weighted by molar-refractivity contribution is -0.154. The fraction of sp³-hybridized carbons (Fsp3) is 0.273. The Morgan fingerprint density at radius 2 is 1.71 bits per heavy atom. The van der Waals surface area contributed by atoms with Gasteiger partial charge >= 0.3 is 11.9 Å². The second-order valence-corrected chi connectivity index (χ2v) is 7.99. The summed E-state index contributed by atoms with van der Waals surface area (Å²) in [5.74, 6) is -3.74. The fourth-order valence-corrected chi connectivity index (χ4v) is 3.94. The van der Waals surface area contributed by atoms with E-state index in [1.54, 1.807) is 12.1 Å². The summed E-state index contributed by atoms with van der Waals surface area (Å²) in [5.41, 5.74) is 0.795. The minimum Gasteiger partial charge on any atom is -0.493 e. The zero-order chi connectivity index (χ0) is 22.4. The number of ether oxygens (including phenoxy) is 1. The monoisotopic (exact) mass is 443 g/mol. The van der Waals surface area contributed by atoms with E-state index in [1.165, 1.54) is 0 Å². The molecule has 0 radical (unpaired) electrons. The largest absolute Gasteiger partial charge is 0.493 e. The molecule has 1 heterocycles. The van der Waals surface area contributed by atoms with Gasteiger partial charge < -0.3 is 14.9 Å². The van der Waals surface area contributed by atoms with E-state index in [-0.39, 0.29) is 6.42 Å². The van der Waals surface area contributed by atoms with Gasteiger partial charge in [-0.1, -0.05) is 43.2 Å². The van der Waals surface area contributed by atoms with Crippen LogP contribution in [0.1, 0.15) is 31.2 Å². The standard InChI is InChI=1S/C22H21NO7S/c24-19-18(31-22(29)23-19)12-13-9-10-17(15-7-4-3-6-14(13)15)30-11-5-1-2-8-16(20(25)26)21(27)28/h3-4,6-7,9-10,12,16H,1-2,5,8,11H2,(H,25,26)(H,27,28)(H,23,24,29)/b18-12+. The molecule has 0 unspecified atom stereocenters. The molecule has 1 saturated heterocycles. The van der Waals surface area contributed by atoms with Crippen LogP contribution in [0, 0.1) is 5.92 Å². The molecule has 2 aromatic carbocycles. The van der Waals surface area contributed by atoms with E-state index in [1.807, 2.05) is 30.3 Å². The molecule has 0 atom stereocenters. The van der Waals surface area contributed by atoms with E-state index < -0.39 is 29.0 Å². The Bertz CT molecular complexity index is 1050. The number of amides is 2. The Hall–Kier alpha value is -3.33. The zero-order valence-corrected chi connectivity index (χ0v) is 17.3. The number of fused-ring (bicyclic) bond motifs is 1. The summed E-state index contributed by atoms with van der Waals surface area (Å²) in [6.07, 6.45) is 3.56. The van der Waals surface area contributed by atoms with Crippen molar-refractivity contribution in [1.29, 1.82) is 0 Å². The highest BCUT2D eigenvalue weighted by Crippen LogP contribution is 2.32. The summed E-state index contributed by atoms with van der Waals surface area (Å²) < 4.78 is 5.89. The summed E-state index contributed by atoms with van der Waals surface area (Å²) >= 11 is 0.865. The van der Waals surface area contributed by atoms with Crippen LogP contribution in [0.4, 0.5) is 4.79 Å². The van der Waals surface area contributed by atoms with E-state index >= 15 is 0 Å². The summed E-state index contributed by atoms with van der Waals surface area (Å²) in [6, 6.07) is 11.2. The third-order valence-electron chi connectivity index (χ3n) is 4.84. The van der Waals surface area contributed by atoms with Gasteiger partial charge in [-0.2, -0.15) is 0 Å². The van der Waals surface area contributed by atoms with Crippen LogP contribution in [0.25, 0.3) is 16.8 Å². The molecule has 0 spiro atoms. The number of carboxylic acid groups (broad SMARTS) is 2. The average Bonchev–Trinajstić information content (AvgIpc) is 3.04. The van der Waals surface area contributed by atoms with Gasteiger partial charge in [-0.25, -0.2) is 0 Å². The van der Waals surface area contributed by atoms with E-state index in [4.69, 9.17) is 14.9 Å². The maximum atomic E-state index is 11.8. The van der Waals surface area contributed by atoms with Crippen molar-refractivity contribution in [3.8, 4) is 5.75 Å². The normalized spacial score (nSPS) is 14.9. The Balaban J connectivity index is 1.62. The molecule has 3 N–H and O–H groups in total. The van der Waals surface area contributed by atoms with Gasteiger partial charge in [0.05, 0.1) is 11.5 Å². The molecule has 0 aromatic heterocycles. The number of unbranched alkanes of at least 4 members (excludes halogenated alkanes) is 2. The zero-order valence-electron chi connectivity index (χ0n) is 16.5. The van der Waals surface area contributed by atoms with Gasteiger partial charge in [0.2, 0.25) is 0 Å². The predicted molar refractivity (Wildman–Crippen MR) is 116 cm³/mol. The molecule has 162 valence electrons. The molecule has 3 rings (SSSR count). The molecule has 31 heavy (non-hydrogen) atoms. The highest BCUT2D eigenvalue weighted by atomic mass is 32.2. The molecular formula is C22H21NO7S. The lowest BCUT2D eigenvalue weighted by Gasteiger charge is -2.12. The van der Waals surface area contributed by atoms with Crippen LogP contribution in [-0.2, 0) is 14.4 Å². The number of carbonyl (C=O) groups is 4. The van der Waals surface area contributed by atoms with Crippen molar-refractivity contribution in [3.63, 3.8) is 0 Å². The number of benzene rings is 2. The first-order chi connectivity index (χ1) is 14.9. The minimum absolute atomic E-state index is 0.0883. The first kappa shape index (κ1) is 22.4. The highest BCUT2D eigenvalue weighted by Gasteiger charge is 2.26. The molecular weight excluding hydrogens is 422 g/mol. The number of rotatable bonds is 10. The number of aliphatic carboxylic acids is 2. The van der Waals surface area contributed by atoms with Crippen molar-refractivity contribution < 1.29 is 34.1 Å². The molecule has 2 aromatic rings. The lowest BCUT2D eigenvalue weighted by atomic mass is 10.0. The van der Waals surface area contributed by atoms with Gasteiger partial charge in [-0.05, 0) is 47.7 Å². The fourth-order valence-electron chi connectivity index (χ4n) is 3.27. The van der Waals surface area contributed by atoms with Crippen molar-refractivity contribution >= 4 is 51.7 Å². The Morgan fingerprint density at radius 3 is 2.35 bits per heavy atom. The summed E-state index contributed by atoms with van der Waals surface area (Å²) in [4.78, 5) is 45.3. The molecule has 1 aliphatic heterocycles. The average molecular weight is 443 g/mol. The third kappa shape index (κ3) is 5.64. The van der Waals surface area contributed by atoms with Gasteiger partial charge in [0.1, 0.15) is 5.75 Å². The number of hydrogen-bond acceptors (Lipinski definition) is 6. The maximum absolute atomic E-state index is 11.8. The second kappa shape index (κ2) is 10.1. The summed E-state index contributed by atoms with van der Waals surface area (Å²) in [6.45, 7) is 0.405. The molecule has 9 heteroatoms. The van der Waals surface area contributed by atoms with Crippen molar-refractivity contribution in [3.05, 3.63) is 46.9 Å². The highest BCUT2D eigenvalue weighted by molar-refractivity contribution is 8.18. The number of hydrogen-bond donors (Lipinski definition) is 3. The predicted octanol–water partition coefficient (Wildman–Crippen LogP) is 3.89. The molecule has 1 aliphatic rings. The van der Waals surface area contributed by atoms with Crippen LogP contribution in [0.2, 0.25) is 0 Å². The van der Waals surface area contributed by atoms with Crippen LogP contribution in [0.15, 0.2) is 41.3 Å². The molecule has 1 fully saturated rings. The van der Waals surface area contributed by atoms with Crippen LogP contribution >= 0.6 is 11.8 Å². The Kier molecular flexibility index (Phi) is 7.30. The van der Waals surface area contributed by atoms with Gasteiger partial charge in [-0.3, -0.25) is 24.5 Å². The Morgan fingerprint density at radius 1 is 1.00 bits per heavy atom. The first-order valence-corrected chi connectivity index (χ1v) is 10.5. The smallest absolute Gasteiger partial charge is 0.317 e. The summed E-state index contributed by atoms with van der Waals surface area (Å²) in [5, 5.41) is 21.4. The number of imide groups is 1. The van der Waals surface area contributed by atoms with Crippen LogP contribution in [-0.4, -0.2) is 39.9 Å². The molecule has 0 saturated carbocycles. The van der Waals surface area contributed by atoms with Gasteiger partial charge in [0.25, 0.3) is 11.1 Å². The number of carbonyl (C=O) groups excluding carboxylic acids is 2. The molecule has 2 amide bonds. The van der Waals surface area contributed by atoms with E-state index in [9.17, 15) is 19.2 Å². The van der Waals surface area contributed by atoms with Gasteiger partial charge in [0, 0.05) is 5.39 Å². The lowest BCUT2D eigenvalue weighted by Crippen LogP contribution is -2.23. The third-order valence-corrected chi connectivity index (χ3v) is 5.65. The first-order valence-electron chi connectivity index (χ1n) is 9.72. The van der Waals surface area contributed by atoms with E-state index in [0.29, 0.717) is 36.5 Å². The second-order valence-electron chi connectivity index (χ2n) is 6.98. The van der Waals surface area contributed by atoms with Crippen LogP contribution in [0.3, 0.4) is 0 Å². The van der Waals surface area contributed by atoms with Crippen LogP contribution < -0.4 is 10.1 Å². The van der Waals surface area contributed by atoms with Gasteiger partial charge in [0.15, 0.2) is 5.92 Å². The van der Waals surface area contributed by atoms with E-state index in [2.05, 4.69) is 5.32 Å². The summed E-state index contributed by atoms with van der Waals surface area (Å²) in [7, 11) is 0. The van der Waals surface area contributed by atoms with Gasteiger partial charge in [-0.15, -0.1) is 0 Å². The molecule has 0 bridgehead atoms. The van der Waals surface area contributed by atoms with E-state index in [0.717, 1.165) is 28.1 Å². The topological polar surface area (TPSA) is 130 Å². The van der Waals surface area contributed by atoms with Crippen LogP contribution in [0.5, 0.6) is 5.75 Å². The quantitative estimate of drug-likeness (QED) is 0.286. The van der Waals surface area contributed by atoms with Crippen molar-refractivity contribution in [2.24, 2.45) is 5.92 Å². The maximum Gasteiger partial charge on any atom is 0.317 e. The molecule has 8 nitrogen and oxygen atoms in total. The van der Waals surface area contributed by atoms with Crippen molar-refractivity contribution in [2.75, 3.05) is 6.61 Å². The van der Waals surface area contributed by atoms with Crippen molar-refractivity contribution in [1.82, 2.24) is 5.32 Å². The Labute approximate surface area is 182 Å². The van der Waals surface area contributed by atoms with Crippen molar-refractivity contribution in [2.45, 2.75) is 25.7 Å². The number of carboxylic acids is 2. The minimum atomic E-state index is -1.37. The molecule has 0 aliphatic carbocycles. The SMILES string of the molecule is O=C1NC(=O)/C(=C\c2ccc(OCCCCCC(C(=O)O)C(=O)O)c3ccccc23)S1. The number of thioether (sulfide) groups is 1.